The number of ether oxygens (including phenoxy) is 10. The van der Waals surface area contributed by atoms with E-state index in [1.165, 1.54) is 109 Å². The average molecular weight is 1550 g/mol. The third-order valence-electron chi connectivity index (χ3n) is 20.6. The second-order valence-corrected chi connectivity index (χ2v) is 29.3. The largest absolute Gasteiger partial charge is 0.477 e. The van der Waals surface area contributed by atoms with Gasteiger partial charge in [0, 0.05) is 26.7 Å². The van der Waals surface area contributed by atoms with E-state index >= 15 is 0 Å². The van der Waals surface area contributed by atoms with Gasteiger partial charge in [0.15, 0.2) is 25.2 Å². The molecule has 28 atom stereocenters. The van der Waals surface area contributed by atoms with Crippen molar-refractivity contribution in [3.63, 3.8) is 0 Å². The molecule has 5 aliphatic heterocycles. The van der Waals surface area contributed by atoms with Crippen molar-refractivity contribution in [3.8, 4) is 0 Å². The number of amides is 3. The minimum atomic E-state index is -3.19. The zero-order chi connectivity index (χ0) is 78.8. The number of aliphatic carboxylic acids is 1. The van der Waals surface area contributed by atoms with Crippen molar-refractivity contribution in [3.05, 3.63) is 12.2 Å². The van der Waals surface area contributed by atoms with Gasteiger partial charge in [0.05, 0.1) is 63.9 Å². The summed E-state index contributed by atoms with van der Waals surface area (Å²) in [5.74, 6) is -7.31. The lowest BCUT2D eigenvalue weighted by Gasteiger charge is -2.51. The van der Waals surface area contributed by atoms with Gasteiger partial charge in [-0.3, -0.25) is 14.4 Å². The first-order valence-electron chi connectivity index (χ1n) is 39.1. The molecule has 5 aliphatic rings. The van der Waals surface area contributed by atoms with E-state index in [0.29, 0.717) is 12.8 Å². The Morgan fingerprint density at radius 3 is 1.37 bits per heavy atom. The van der Waals surface area contributed by atoms with Crippen LogP contribution in [0.2, 0.25) is 0 Å². The summed E-state index contributed by atoms with van der Waals surface area (Å²) in [4.78, 5) is 51.7. The number of carboxylic acids is 1. The molecule has 34 heteroatoms. The van der Waals surface area contributed by atoms with Crippen LogP contribution in [0.4, 0.5) is 0 Å². The number of rotatable bonds is 52. The topological polar surface area (TPSA) is 541 Å². The number of hydrogen-bond donors (Lipinski definition) is 20. The molecule has 5 fully saturated rings. The van der Waals surface area contributed by atoms with Crippen LogP contribution >= 0.6 is 0 Å². The van der Waals surface area contributed by atoms with Crippen molar-refractivity contribution < 1.29 is 153 Å². The van der Waals surface area contributed by atoms with Gasteiger partial charge in [0.2, 0.25) is 17.7 Å². The summed E-state index contributed by atoms with van der Waals surface area (Å²) in [6.07, 6.45) is -14.5. The summed E-state index contributed by atoms with van der Waals surface area (Å²) >= 11 is 0. The zero-order valence-corrected chi connectivity index (χ0v) is 62.8. The second-order valence-electron chi connectivity index (χ2n) is 29.3. The van der Waals surface area contributed by atoms with Crippen LogP contribution in [0.5, 0.6) is 0 Å². The lowest BCUT2D eigenvalue weighted by atomic mass is 9.88. The summed E-state index contributed by atoms with van der Waals surface area (Å²) < 4.78 is 58.8. The van der Waals surface area contributed by atoms with Gasteiger partial charge in [0.25, 0.3) is 5.79 Å². The zero-order valence-electron chi connectivity index (χ0n) is 62.8. The Hall–Kier alpha value is -3.42. The Bertz CT molecular complexity index is 2500. The maximum Gasteiger partial charge on any atom is 0.364 e. The minimum absolute atomic E-state index is 0.173. The first kappa shape index (κ1) is 94.2. The Labute approximate surface area is 627 Å². The van der Waals surface area contributed by atoms with Crippen LogP contribution < -0.4 is 16.0 Å². The van der Waals surface area contributed by atoms with E-state index in [2.05, 4.69) is 29.8 Å². The van der Waals surface area contributed by atoms with E-state index in [1.807, 2.05) is 6.08 Å². The SMILES string of the molecule is CCCCCCCCCCCCC/C=C/[C@@H](O)[C@H](COC1OC(CO)C(OC2OC(CO)C(O)C(OC3OC(CO)C(OC4OC(CO)C(O)C(OC5(C(=O)O)CC(O)C(NC(C)=O)C([C@H](O)[C@H](O)CO)O5)C4O)C(O)C3NC(C)=O)C2O)C(O)C1O)NC(=O)CCCCCCCCCCCCCCCCC. The van der Waals surface area contributed by atoms with Crippen LogP contribution in [0, 0.1) is 0 Å². The molecule has 107 heavy (non-hydrogen) atoms. The molecule has 0 aromatic rings. The van der Waals surface area contributed by atoms with Crippen molar-refractivity contribution in [2.45, 2.75) is 385 Å². The molecule has 0 bridgehead atoms. The van der Waals surface area contributed by atoms with E-state index in [9.17, 15) is 106 Å². The van der Waals surface area contributed by atoms with Crippen molar-refractivity contribution in [2.75, 3.05) is 39.6 Å². The smallest absolute Gasteiger partial charge is 0.364 e. The van der Waals surface area contributed by atoms with Crippen molar-refractivity contribution in [2.24, 2.45) is 0 Å². The number of carboxylic acid groups (broad SMARTS) is 1. The summed E-state index contributed by atoms with van der Waals surface area (Å²) in [5, 5.41) is 196. The molecule has 34 nitrogen and oxygen atoms in total. The fourth-order valence-corrected chi connectivity index (χ4v) is 14.3. The summed E-state index contributed by atoms with van der Waals surface area (Å²) in [6.45, 7) is 0.644. The molecule has 0 saturated carbocycles. The Morgan fingerprint density at radius 2 is 0.907 bits per heavy atom. The molecule has 0 aromatic carbocycles. The molecule has 20 N–H and O–H groups in total. The molecule has 0 aliphatic carbocycles. The van der Waals surface area contributed by atoms with Crippen LogP contribution in [0.3, 0.4) is 0 Å². The number of allylic oxidation sites excluding steroid dienone is 1. The maximum absolute atomic E-state index is 13.5. The maximum atomic E-state index is 13.5. The van der Waals surface area contributed by atoms with Crippen LogP contribution in [-0.2, 0) is 66.5 Å². The Balaban J connectivity index is 1.25. The predicted octanol–water partition coefficient (Wildman–Crippen LogP) is -1.04. The Kier molecular flexibility index (Phi) is 44.0. The fraction of sp³-hybridized carbons (Fsp3) is 0.918. The van der Waals surface area contributed by atoms with Crippen molar-refractivity contribution in [1.82, 2.24) is 16.0 Å². The highest BCUT2D eigenvalue weighted by molar-refractivity contribution is 5.77. The van der Waals surface area contributed by atoms with Crippen LogP contribution in [-0.4, -0.2) is 321 Å². The molecule has 5 rings (SSSR count). The number of hydrogen-bond acceptors (Lipinski definition) is 30. The van der Waals surface area contributed by atoms with Crippen LogP contribution in [0.15, 0.2) is 12.2 Å². The van der Waals surface area contributed by atoms with E-state index in [1.54, 1.807) is 6.08 Å². The fourth-order valence-electron chi connectivity index (χ4n) is 14.3. The molecule has 0 aromatic heterocycles. The van der Waals surface area contributed by atoms with E-state index in [0.717, 1.165) is 65.2 Å². The summed E-state index contributed by atoms with van der Waals surface area (Å²) in [7, 11) is 0. The summed E-state index contributed by atoms with van der Waals surface area (Å²) in [5.41, 5.74) is 0. The minimum Gasteiger partial charge on any atom is -0.477 e. The lowest BCUT2D eigenvalue weighted by molar-refractivity contribution is -0.390. The van der Waals surface area contributed by atoms with Gasteiger partial charge >= 0.3 is 5.97 Å². The van der Waals surface area contributed by atoms with Gasteiger partial charge < -0.3 is 150 Å². The predicted molar refractivity (Wildman–Crippen MR) is 378 cm³/mol. The summed E-state index contributed by atoms with van der Waals surface area (Å²) in [6, 6.07) is -4.60. The first-order valence-corrected chi connectivity index (χ1v) is 39.1. The molecular weight excluding hydrogens is 1410 g/mol. The number of carbonyl (C=O) groups excluding carboxylic acids is 3. The van der Waals surface area contributed by atoms with E-state index in [4.69, 9.17) is 47.4 Å². The van der Waals surface area contributed by atoms with Crippen molar-refractivity contribution in [1.29, 1.82) is 0 Å². The standard InChI is InChI=1S/C73H131N3O31/c1-5-7-9-11-13-15-17-19-20-22-24-26-28-30-32-34-52(87)76-44(45(84)33-31-29-27-25-23-21-18-16-14-12-10-8-6-2)41-98-69-60(93)59(92)64(51(40-81)102-69)104-70-61(94)66(56(89)48(37-78)99-70)105-68-54(75-43(4)83)58(91)63(50(39-80)101-68)103-71-62(95)67(57(90)49(38-79)100-71)107-73(72(96)97)35-46(85)53(74-42(3)82)65(106-73)55(88)47(86)36-77/h31,33,44-51,53-71,77-81,84-86,88-95H,5-30,32,34-41H2,1-4H3,(H,74,82)(H,75,83)(H,76,87)(H,96,97)/b33-31+/t44-,45+,46?,47+,48?,49?,50?,51?,53?,54?,55+,56?,57?,58?,59?,60?,61?,62?,63?,64?,65?,66?,67?,68?,69?,70?,71?,73?/m0/s1. The molecular formula is C73H131N3O31. The number of aliphatic hydroxyl groups is 16. The molecule has 0 radical (unpaired) electrons. The quantitative estimate of drug-likeness (QED) is 0.0255. The van der Waals surface area contributed by atoms with Crippen LogP contribution in [0.1, 0.15) is 214 Å². The van der Waals surface area contributed by atoms with E-state index < -0.39 is 235 Å². The highest BCUT2D eigenvalue weighted by Crippen LogP contribution is 2.40. The molecule has 624 valence electrons. The van der Waals surface area contributed by atoms with Crippen molar-refractivity contribution >= 4 is 23.7 Å². The van der Waals surface area contributed by atoms with Crippen LogP contribution in [0.25, 0.3) is 0 Å². The van der Waals surface area contributed by atoms with Gasteiger partial charge in [-0.15, -0.1) is 0 Å². The molecule has 0 spiro atoms. The molecule has 5 heterocycles. The number of aliphatic hydroxyl groups excluding tert-OH is 16. The monoisotopic (exact) mass is 1550 g/mol. The highest BCUT2D eigenvalue weighted by atomic mass is 16.8. The third-order valence-corrected chi connectivity index (χ3v) is 20.6. The van der Waals surface area contributed by atoms with Gasteiger partial charge in [-0.2, -0.15) is 0 Å². The number of unbranched alkanes of at least 4 members (excludes halogenated alkanes) is 25. The van der Waals surface area contributed by atoms with Gasteiger partial charge in [-0.05, 0) is 19.3 Å². The van der Waals surface area contributed by atoms with Gasteiger partial charge in [0.1, 0.15) is 116 Å². The average Bonchev–Trinajstić information content (AvgIpc) is 0.755. The van der Waals surface area contributed by atoms with Gasteiger partial charge in [-0.25, -0.2) is 4.79 Å². The highest BCUT2D eigenvalue weighted by Gasteiger charge is 2.61. The molecule has 24 unspecified atom stereocenters. The lowest BCUT2D eigenvalue weighted by Crippen LogP contribution is -2.71. The first-order chi connectivity index (χ1) is 51.3. The number of carbonyl (C=O) groups is 4. The number of nitrogens with one attached hydrogen (secondary N) is 3. The second kappa shape index (κ2) is 49.9. The molecule has 5 saturated heterocycles. The third kappa shape index (κ3) is 29.2. The van der Waals surface area contributed by atoms with Gasteiger partial charge in [-0.1, -0.05) is 180 Å². The van der Waals surface area contributed by atoms with E-state index in [-0.39, 0.29) is 12.3 Å². The Morgan fingerprint density at radius 1 is 0.486 bits per heavy atom. The normalized spacial score (nSPS) is 34.6. The molecule has 3 amide bonds.